The Morgan fingerprint density at radius 1 is 1.09 bits per heavy atom. The molecule has 0 radical (unpaired) electrons. The molecule has 1 aromatic heterocycles. The van der Waals surface area contributed by atoms with Crippen LogP contribution in [0.15, 0.2) is 53.4 Å². The number of ether oxygens (including phenoxy) is 1. The number of fused-ring (bicyclic) bond motifs is 1. The van der Waals surface area contributed by atoms with Crippen molar-refractivity contribution in [2.75, 3.05) is 19.0 Å². The number of amides is 1. The summed E-state index contributed by atoms with van der Waals surface area (Å²) in [6.07, 6.45) is 2.72. The first-order chi connectivity index (χ1) is 15.3. The highest BCUT2D eigenvalue weighted by molar-refractivity contribution is 7.89. The van der Waals surface area contributed by atoms with Crippen molar-refractivity contribution in [3.63, 3.8) is 0 Å². The second kappa shape index (κ2) is 9.01. The average Bonchev–Trinajstić information content (AvgIpc) is 3.16. The summed E-state index contributed by atoms with van der Waals surface area (Å²) in [7, 11) is -2.31. The standard InChI is InChI=1S/C23H24N2O5S2/c1-15-7-5-6-14-25(15)32(28,29)17-12-10-16(11-13-17)21(26)24-22-20(23(27)30-2)18-8-3-4-9-19(18)31-22/h3-4,8-13,15H,5-7,14H2,1-2H3,(H,24,26). The summed E-state index contributed by atoms with van der Waals surface area (Å²) in [6.45, 7) is 2.43. The Morgan fingerprint density at radius 2 is 1.81 bits per heavy atom. The molecule has 1 fully saturated rings. The monoisotopic (exact) mass is 472 g/mol. The maximum Gasteiger partial charge on any atom is 0.341 e. The summed E-state index contributed by atoms with van der Waals surface area (Å²) >= 11 is 1.28. The molecule has 4 rings (SSSR count). The van der Waals surface area contributed by atoms with Crippen LogP contribution in [0.25, 0.3) is 10.1 Å². The lowest BCUT2D eigenvalue weighted by Gasteiger charge is -2.32. The molecule has 1 saturated heterocycles. The minimum absolute atomic E-state index is 0.0403. The van der Waals surface area contributed by atoms with Gasteiger partial charge < -0.3 is 10.1 Å². The molecule has 1 N–H and O–H groups in total. The van der Waals surface area contributed by atoms with Gasteiger partial charge in [0.2, 0.25) is 10.0 Å². The zero-order valence-electron chi connectivity index (χ0n) is 17.8. The van der Waals surface area contributed by atoms with Crippen molar-refractivity contribution in [3.05, 3.63) is 59.7 Å². The van der Waals surface area contributed by atoms with Crippen LogP contribution in [0.2, 0.25) is 0 Å². The first-order valence-corrected chi connectivity index (χ1v) is 12.6. The van der Waals surface area contributed by atoms with Gasteiger partial charge in [-0.3, -0.25) is 4.79 Å². The van der Waals surface area contributed by atoms with Crippen molar-refractivity contribution in [3.8, 4) is 0 Å². The molecule has 1 amide bonds. The Kier molecular flexibility index (Phi) is 6.32. The van der Waals surface area contributed by atoms with E-state index >= 15 is 0 Å². The van der Waals surface area contributed by atoms with E-state index in [1.54, 1.807) is 6.07 Å². The van der Waals surface area contributed by atoms with Gasteiger partial charge in [-0.25, -0.2) is 13.2 Å². The number of nitrogens with one attached hydrogen (secondary N) is 1. The fourth-order valence-electron chi connectivity index (χ4n) is 3.96. The SMILES string of the molecule is COC(=O)c1c(NC(=O)c2ccc(S(=O)(=O)N3CCCCC3C)cc2)sc2ccccc12. The second-order valence-corrected chi connectivity index (χ2v) is 10.7. The molecule has 9 heteroatoms. The molecular weight excluding hydrogens is 448 g/mol. The van der Waals surface area contributed by atoms with E-state index in [-0.39, 0.29) is 10.9 Å². The molecular formula is C23H24N2O5S2. The number of methoxy groups -OCH3 is 1. The summed E-state index contributed by atoms with van der Waals surface area (Å²) in [5.74, 6) is -0.966. The molecule has 2 heterocycles. The fraction of sp³-hybridized carbons (Fsp3) is 0.304. The third-order valence-electron chi connectivity index (χ3n) is 5.68. The molecule has 168 valence electrons. The number of piperidine rings is 1. The van der Waals surface area contributed by atoms with Crippen LogP contribution in [0.1, 0.15) is 46.9 Å². The van der Waals surface area contributed by atoms with Crippen molar-refractivity contribution in [2.45, 2.75) is 37.1 Å². The Hall–Kier alpha value is -2.75. The molecule has 1 atom stereocenters. The number of anilines is 1. The summed E-state index contributed by atoms with van der Waals surface area (Å²) in [5.41, 5.74) is 0.601. The zero-order valence-corrected chi connectivity index (χ0v) is 19.5. The van der Waals surface area contributed by atoms with Crippen LogP contribution < -0.4 is 5.32 Å². The van der Waals surface area contributed by atoms with E-state index in [0.717, 1.165) is 24.0 Å². The van der Waals surface area contributed by atoms with Crippen LogP contribution >= 0.6 is 11.3 Å². The third-order valence-corrected chi connectivity index (χ3v) is 8.79. The van der Waals surface area contributed by atoms with E-state index < -0.39 is 21.9 Å². The number of sulfonamides is 1. The predicted molar refractivity (Wildman–Crippen MR) is 125 cm³/mol. The largest absolute Gasteiger partial charge is 0.465 e. The van der Waals surface area contributed by atoms with E-state index in [1.165, 1.54) is 47.0 Å². The lowest BCUT2D eigenvalue weighted by molar-refractivity contribution is 0.0604. The number of benzene rings is 2. The van der Waals surface area contributed by atoms with Crippen molar-refractivity contribution < 1.29 is 22.7 Å². The maximum atomic E-state index is 13.0. The van der Waals surface area contributed by atoms with Gasteiger partial charge in [0.05, 0.1) is 12.0 Å². The maximum absolute atomic E-state index is 13.0. The van der Waals surface area contributed by atoms with Crippen LogP contribution in [0.4, 0.5) is 5.00 Å². The number of esters is 1. The van der Waals surface area contributed by atoms with Crippen molar-refractivity contribution in [1.82, 2.24) is 4.31 Å². The molecule has 0 saturated carbocycles. The number of hydrogen-bond acceptors (Lipinski definition) is 6. The lowest BCUT2D eigenvalue weighted by atomic mass is 10.1. The second-order valence-electron chi connectivity index (χ2n) is 7.73. The third kappa shape index (κ3) is 4.15. The summed E-state index contributed by atoms with van der Waals surface area (Å²) in [6, 6.07) is 13.2. The van der Waals surface area contributed by atoms with Gasteiger partial charge in [-0.15, -0.1) is 11.3 Å². The summed E-state index contributed by atoms with van der Waals surface area (Å²) in [5, 5.41) is 3.87. The molecule has 3 aromatic rings. The first kappa shape index (κ1) is 22.4. The van der Waals surface area contributed by atoms with E-state index in [2.05, 4.69) is 5.32 Å². The highest BCUT2D eigenvalue weighted by atomic mass is 32.2. The quantitative estimate of drug-likeness (QED) is 0.552. The van der Waals surface area contributed by atoms with E-state index in [1.807, 2.05) is 25.1 Å². The molecule has 0 bridgehead atoms. The van der Waals surface area contributed by atoms with E-state index in [9.17, 15) is 18.0 Å². The number of nitrogens with zero attached hydrogens (tertiary/aromatic N) is 1. The lowest BCUT2D eigenvalue weighted by Crippen LogP contribution is -2.41. The smallest absolute Gasteiger partial charge is 0.341 e. The minimum atomic E-state index is -3.61. The molecule has 1 aliphatic heterocycles. The minimum Gasteiger partial charge on any atom is -0.465 e. The van der Waals surface area contributed by atoms with Gasteiger partial charge >= 0.3 is 5.97 Å². The number of hydrogen-bond donors (Lipinski definition) is 1. The highest BCUT2D eigenvalue weighted by Gasteiger charge is 2.31. The van der Waals surface area contributed by atoms with Crippen LogP contribution in [0.3, 0.4) is 0 Å². The van der Waals surface area contributed by atoms with Gasteiger partial charge in [0.15, 0.2) is 0 Å². The predicted octanol–water partition coefficient (Wildman–Crippen LogP) is 4.50. The zero-order chi connectivity index (χ0) is 22.9. The number of carbonyl (C=O) groups excluding carboxylic acids is 2. The van der Waals surface area contributed by atoms with Crippen molar-refractivity contribution in [2.24, 2.45) is 0 Å². The number of carbonyl (C=O) groups is 2. The number of rotatable bonds is 5. The van der Waals surface area contributed by atoms with E-state index in [0.29, 0.717) is 28.1 Å². The van der Waals surface area contributed by atoms with Gasteiger partial charge in [-0.1, -0.05) is 24.6 Å². The topological polar surface area (TPSA) is 92.8 Å². The molecule has 0 aliphatic carbocycles. The molecule has 32 heavy (non-hydrogen) atoms. The van der Waals surface area contributed by atoms with Crippen LogP contribution in [-0.2, 0) is 14.8 Å². The Balaban J connectivity index is 1.58. The molecule has 7 nitrogen and oxygen atoms in total. The number of thiophene rings is 1. The van der Waals surface area contributed by atoms with Gasteiger partial charge in [-0.2, -0.15) is 4.31 Å². The van der Waals surface area contributed by atoms with Gasteiger partial charge in [-0.05, 0) is 50.1 Å². The molecule has 1 unspecified atom stereocenters. The summed E-state index contributed by atoms with van der Waals surface area (Å²) < 4.78 is 33.3. The molecule has 2 aromatic carbocycles. The molecule has 1 aliphatic rings. The normalized spacial score (nSPS) is 17.2. The van der Waals surface area contributed by atoms with Crippen LogP contribution in [0, 0.1) is 0 Å². The van der Waals surface area contributed by atoms with Crippen LogP contribution in [-0.4, -0.2) is 44.3 Å². The van der Waals surface area contributed by atoms with E-state index in [4.69, 9.17) is 4.74 Å². The highest BCUT2D eigenvalue weighted by Crippen LogP contribution is 2.36. The Labute approximate surface area is 191 Å². The van der Waals surface area contributed by atoms with Gasteiger partial charge in [0.25, 0.3) is 5.91 Å². The van der Waals surface area contributed by atoms with Crippen molar-refractivity contribution >= 4 is 48.3 Å². The van der Waals surface area contributed by atoms with Gasteiger partial charge in [0, 0.05) is 28.2 Å². The molecule has 0 spiro atoms. The van der Waals surface area contributed by atoms with Gasteiger partial charge in [0.1, 0.15) is 10.6 Å². The van der Waals surface area contributed by atoms with Crippen molar-refractivity contribution in [1.29, 1.82) is 0 Å². The van der Waals surface area contributed by atoms with Crippen LogP contribution in [0.5, 0.6) is 0 Å². The fourth-order valence-corrected chi connectivity index (χ4v) is 6.74. The summed E-state index contributed by atoms with van der Waals surface area (Å²) in [4.78, 5) is 25.3. The Morgan fingerprint density at radius 3 is 2.50 bits per heavy atom. The Bertz CT molecular complexity index is 1270. The average molecular weight is 473 g/mol. The first-order valence-electron chi connectivity index (χ1n) is 10.4.